The van der Waals surface area contributed by atoms with Crippen LogP contribution in [0.3, 0.4) is 0 Å². The molecule has 2 rings (SSSR count). The van der Waals surface area contributed by atoms with Crippen molar-refractivity contribution in [1.82, 2.24) is 5.16 Å². The first-order valence-electron chi connectivity index (χ1n) is 5.78. The molecule has 0 radical (unpaired) electrons. The predicted molar refractivity (Wildman–Crippen MR) is 77.2 cm³/mol. The van der Waals surface area contributed by atoms with Crippen LogP contribution in [0.25, 0.3) is 0 Å². The Balaban J connectivity index is 1.88. The molecule has 0 fully saturated rings. The second kappa shape index (κ2) is 5.88. The molecule has 1 heterocycles. The molecule has 6 heteroatoms. The summed E-state index contributed by atoms with van der Waals surface area (Å²) in [5, 5.41) is 9.43. The molecule has 0 aliphatic heterocycles. The van der Waals surface area contributed by atoms with Crippen LogP contribution in [0.2, 0.25) is 0 Å². The lowest BCUT2D eigenvalue weighted by Crippen LogP contribution is -2.21. The van der Waals surface area contributed by atoms with Gasteiger partial charge in [-0.2, -0.15) is 0 Å². The average molecular weight is 324 g/mol. The number of carbonyl (C=O) groups is 1. The molecular formula is C13H14BrN3O2. The smallest absolute Gasteiger partial charge is 0.243 e. The number of hydrogen-bond donors (Lipinski definition) is 2. The van der Waals surface area contributed by atoms with E-state index in [0.29, 0.717) is 11.6 Å². The first-order chi connectivity index (χ1) is 9.04. The van der Waals surface area contributed by atoms with Crippen LogP contribution in [0.4, 0.5) is 11.5 Å². The number of hydrogen-bond acceptors (Lipinski definition) is 4. The third-order valence-corrected chi connectivity index (χ3v) is 3.37. The third kappa shape index (κ3) is 3.82. The van der Waals surface area contributed by atoms with Gasteiger partial charge in [-0.05, 0) is 31.5 Å². The summed E-state index contributed by atoms with van der Waals surface area (Å²) in [7, 11) is 0. The van der Waals surface area contributed by atoms with Gasteiger partial charge in [0.2, 0.25) is 5.91 Å². The number of benzene rings is 1. The van der Waals surface area contributed by atoms with E-state index in [4.69, 9.17) is 4.52 Å². The minimum absolute atomic E-state index is 0.136. The lowest BCUT2D eigenvalue weighted by Gasteiger charge is -2.07. The van der Waals surface area contributed by atoms with E-state index in [9.17, 15) is 4.79 Å². The fourth-order valence-corrected chi connectivity index (χ4v) is 1.88. The Hall–Kier alpha value is -1.82. The molecule has 2 N–H and O–H groups in total. The molecule has 0 saturated carbocycles. The van der Waals surface area contributed by atoms with Crippen LogP contribution in [-0.4, -0.2) is 17.6 Å². The molecule has 19 heavy (non-hydrogen) atoms. The fraction of sp³-hybridized carbons (Fsp3) is 0.231. The van der Waals surface area contributed by atoms with E-state index in [2.05, 4.69) is 31.7 Å². The van der Waals surface area contributed by atoms with E-state index in [1.54, 1.807) is 13.0 Å². The van der Waals surface area contributed by atoms with E-state index in [0.717, 1.165) is 15.7 Å². The number of nitrogens with one attached hydrogen (secondary N) is 2. The Morgan fingerprint density at radius 1 is 1.37 bits per heavy atom. The molecule has 2 aromatic rings. The summed E-state index contributed by atoms with van der Waals surface area (Å²) >= 11 is 3.43. The van der Waals surface area contributed by atoms with Crippen LogP contribution in [0.1, 0.15) is 11.3 Å². The van der Waals surface area contributed by atoms with Crippen molar-refractivity contribution in [3.63, 3.8) is 0 Å². The highest BCUT2D eigenvalue weighted by molar-refractivity contribution is 9.10. The van der Waals surface area contributed by atoms with Gasteiger partial charge in [0.25, 0.3) is 0 Å². The number of nitrogens with zero attached hydrogens (tertiary/aromatic N) is 1. The van der Waals surface area contributed by atoms with E-state index in [1.807, 2.05) is 25.1 Å². The van der Waals surface area contributed by atoms with Crippen molar-refractivity contribution in [2.75, 3.05) is 17.2 Å². The lowest BCUT2D eigenvalue weighted by molar-refractivity contribution is -0.114. The van der Waals surface area contributed by atoms with Crippen molar-refractivity contribution in [2.45, 2.75) is 13.8 Å². The number of halogens is 1. The first-order valence-corrected chi connectivity index (χ1v) is 6.57. The largest absolute Gasteiger partial charge is 0.360 e. The zero-order valence-electron chi connectivity index (χ0n) is 10.7. The van der Waals surface area contributed by atoms with Gasteiger partial charge in [0.1, 0.15) is 5.76 Å². The Morgan fingerprint density at radius 3 is 2.79 bits per heavy atom. The van der Waals surface area contributed by atoms with Crippen molar-refractivity contribution in [3.8, 4) is 0 Å². The van der Waals surface area contributed by atoms with Crippen molar-refractivity contribution >= 4 is 33.3 Å². The molecule has 0 aliphatic carbocycles. The molecule has 0 aliphatic rings. The maximum absolute atomic E-state index is 11.7. The number of carbonyl (C=O) groups excluding carboxylic acids is 1. The summed E-state index contributed by atoms with van der Waals surface area (Å²) in [5.41, 5.74) is 1.87. The maximum Gasteiger partial charge on any atom is 0.243 e. The molecular weight excluding hydrogens is 310 g/mol. The molecule has 1 aromatic heterocycles. The topological polar surface area (TPSA) is 67.2 Å². The number of anilines is 2. The van der Waals surface area contributed by atoms with Gasteiger partial charge >= 0.3 is 0 Å². The van der Waals surface area contributed by atoms with Crippen LogP contribution >= 0.6 is 15.9 Å². The molecule has 0 spiro atoms. The van der Waals surface area contributed by atoms with Gasteiger partial charge in [-0.25, -0.2) is 0 Å². The average Bonchev–Trinajstić information content (AvgIpc) is 2.77. The highest BCUT2D eigenvalue weighted by atomic mass is 79.9. The molecule has 1 aromatic carbocycles. The van der Waals surface area contributed by atoms with Crippen molar-refractivity contribution < 1.29 is 9.32 Å². The minimum atomic E-state index is -0.142. The highest BCUT2D eigenvalue weighted by Crippen LogP contribution is 2.20. The highest BCUT2D eigenvalue weighted by Gasteiger charge is 2.05. The van der Waals surface area contributed by atoms with Crippen LogP contribution in [-0.2, 0) is 4.79 Å². The van der Waals surface area contributed by atoms with Gasteiger partial charge in [0.15, 0.2) is 5.82 Å². The molecule has 1 amide bonds. The summed E-state index contributed by atoms with van der Waals surface area (Å²) in [6.45, 7) is 3.92. The fourth-order valence-electron chi connectivity index (χ4n) is 1.50. The van der Waals surface area contributed by atoms with Gasteiger partial charge < -0.3 is 15.2 Å². The Kier molecular flexibility index (Phi) is 4.21. The van der Waals surface area contributed by atoms with E-state index < -0.39 is 0 Å². The third-order valence-electron chi connectivity index (χ3n) is 2.51. The predicted octanol–water partition coefficient (Wildman–Crippen LogP) is 3.10. The standard InChI is InChI=1S/C13H14BrN3O2/c1-8-3-4-10(6-11(8)14)16-13(18)7-15-12-5-9(2)19-17-12/h3-6H,7H2,1-2H3,(H,15,17)(H,16,18). The second-order valence-corrected chi connectivity index (χ2v) is 5.04. The van der Waals surface area contributed by atoms with Crippen LogP contribution in [0.15, 0.2) is 33.3 Å². The van der Waals surface area contributed by atoms with Crippen LogP contribution in [0, 0.1) is 13.8 Å². The van der Waals surface area contributed by atoms with Crippen molar-refractivity contribution in [3.05, 3.63) is 40.1 Å². The first kappa shape index (κ1) is 13.6. The molecule has 0 atom stereocenters. The lowest BCUT2D eigenvalue weighted by atomic mass is 10.2. The van der Waals surface area contributed by atoms with Gasteiger partial charge in [-0.1, -0.05) is 27.2 Å². The maximum atomic E-state index is 11.7. The van der Waals surface area contributed by atoms with Crippen molar-refractivity contribution in [1.29, 1.82) is 0 Å². The number of amides is 1. The second-order valence-electron chi connectivity index (χ2n) is 4.19. The van der Waals surface area contributed by atoms with Gasteiger partial charge in [0.05, 0.1) is 6.54 Å². The zero-order valence-corrected chi connectivity index (χ0v) is 12.2. The monoisotopic (exact) mass is 323 g/mol. The molecule has 0 saturated heterocycles. The zero-order chi connectivity index (χ0) is 13.8. The molecule has 100 valence electrons. The SMILES string of the molecule is Cc1cc(NCC(=O)Nc2ccc(C)c(Br)c2)no1. The van der Waals surface area contributed by atoms with Crippen molar-refractivity contribution in [2.24, 2.45) is 0 Å². The Labute approximate surface area is 119 Å². The van der Waals surface area contributed by atoms with Gasteiger partial charge in [0, 0.05) is 16.2 Å². The quantitative estimate of drug-likeness (QED) is 0.907. The summed E-state index contributed by atoms with van der Waals surface area (Å²) in [4.78, 5) is 11.7. The van der Waals surface area contributed by atoms with E-state index >= 15 is 0 Å². The summed E-state index contributed by atoms with van der Waals surface area (Å²) < 4.78 is 5.86. The van der Waals surface area contributed by atoms with Gasteiger partial charge in [-0.15, -0.1) is 0 Å². The summed E-state index contributed by atoms with van der Waals surface area (Å²) in [6, 6.07) is 7.40. The summed E-state index contributed by atoms with van der Waals surface area (Å²) in [6.07, 6.45) is 0. The number of aryl methyl sites for hydroxylation is 2. The van der Waals surface area contributed by atoms with Crippen LogP contribution < -0.4 is 10.6 Å². The number of rotatable bonds is 4. The van der Waals surface area contributed by atoms with Gasteiger partial charge in [-0.3, -0.25) is 4.79 Å². The number of aromatic nitrogens is 1. The summed E-state index contributed by atoms with van der Waals surface area (Å²) in [5.74, 6) is 1.11. The molecule has 0 unspecified atom stereocenters. The van der Waals surface area contributed by atoms with E-state index in [1.165, 1.54) is 0 Å². The normalized spacial score (nSPS) is 10.3. The van der Waals surface area contributed by atoms with Crippen LogP contribution in [0.5, 0.6) is 0 Å². The minimum Gasteiger partial charge on any atom is -0.360 e. The molecule has 5 nitrogen and oxygen atoms in total. The van der Waals surface area contributed by atoms with E-state index in [-0.39, 0.29) is 12.5 Å². The Bertz CT molecular complexity index is 595. The molecule has 0 bridgehead atoms. The Morgan fingerprint density at radius 2 is 2.16 bits per heavy atom.